The molecule has 2 rings (SSSR count). The fraction of sp³-hybridized carbons (Fsp3) is 0.529. The molecule has 0 aliphatic carbocycles. The minimum Gasteiger partial charge on any atom is -0.497 e. The molecule has 0 spiro atoms. The van der Waals surface area contributed by atoms with E-state index < -0.39 is 0 Å². The number of rotatable bonds is 7. The van der Waals surface area contributed by atoms with Crippen LogP contribution in [0.15, 0.2) is 24.3 Å². The number of likely N-dealkylation sites (tertiary alicyclic amines) is 1. The SMILES string of the molecule is COC[C@@H](C)N1C[C@H](C(=O)NCc2ccc(OC)cc2)CC1=O. The summed E-state index contributed by atoms with van der Waals surface area (Å²) in [6, 6.07) is 7.52. The van der Waals surface area contributed by atoms with Gasteiger partial charge in [0.15, 0.2) is 0 Å². The van der Waals surface area contributed by atoms with Crippen LogP contribution in [0.2, 0.25) is 0 Å². The van der Waals surface area contributed by atoms with Crippen molar-refractivity contribution in [1.82, 2.24) is 10.2 Å². The first-order valence-corrected chi connectivity index (χ1v) is 7.74. The van der Waals surface area contributed by atoms with E-state index in [1.165, 1.54) is 0 Å². The lowest BCUT2D eigenvalue weighted by Gasteiger charge is -2.23. The van der Waals surface area contributed by atoms with Gasteiger partial charge in [0.1, 0.15) is 5.75 Å². The Labute approximate surface area is 136 Å². The maximum absolute atomic E-state index is 12.3. The van der Waals surface area contributed by atoms with Crippen LogP contribution in [-0.2, 0) is 20.9 Å². The first kappa shape index (κ1) is 17.3. The lowest BCUT2D eigenvalue weighted by molar-refractivity contribution is -0.130. The third-order valence-electron chi connectivity index (χ3n) is 4.09. The van der Waals surface area contributed by atoms with Crippen LogP contribution in [0.1, 0.15) is 18.9 Å². The van der Waals surface area contributed by atoms with Gasteiger partial charge < -0.3 is 19.7 Å². The van der Waals surface area contributed by atoms with Gasteiger partial charge in [-0.2, -0.15) is 0 Å². The zero-order valence-corrected chi connectivity index (χ0v) is 13.9. The summed E-state index contributed by atoms with van der Waals surface area (Å²) in [6.45, 7) is 3.31. The van der Waals surface area contributed by atoms with Gasteiger partial charge >= 0.3 is 0 Å². The summed E-state index contributed by atoms with van der Waals surface area (Å²) in [6.07, 6.45) is 0.266. The van der Waals surface area contributed by atoms with Gasteiger partial charge in [-0.05, 0) is 24.6 Å². The summed E-state index contributed by atoms with van der Waals surface area (Å²) in [5.74, 6) is 0.421. The van der Waals surface area contributed by atoms with E-state index in [-0.39, 0.29) is 30.2 Å². The van der Waals surface area contributed by atoms with Crippen LogP contribution in [0.3, 0.4) is 0 Å². The fourth-order valence-electron chi connectivity index (χ4n) is 2.74. The first-order chi connectivity index (χ1) is 11.0. The third-order valence-corrected chi connectivity index (χ3v) is 4.09. The summed E-state index contributed by atoms with van der Waals surface area (Å²) in [4.78, 5) is 26.0. The Morgan fingerprint density at radius 2 is 2.04 bits per heavy atom. The van der Waals surface area contributed by atoms with E-state index in [1.807, 2.05) is 31.2 Å². The molecule has 23 heavy (non-hydrogen) atoms. The molecule has 2 amide bonds. The lowest BCUT2D eigenvalue weighted by Crippen LogP contribution is -2.38. The third kappa shape index (κ3) is 4.45. The van der Waals surface area contributed by atoms with Crippen molar-refractivity contribution in [2.75, 3.05) is 27.4 Å². The second-order valence-electron chi connectivity index (χ2n) is 5.82. The average molecular weight is 320 g/mol. The second-order valence-corrected chi connectivity index (χ2v) is 5.82. The number of hydrogen-bond donors (Lipinski definition) is 1. The second kappa shape index (κ2) is 7.97. The number of hydrogen-bond acceptors (Lipinski definition) is 4. The number of amides is 2. The molecule has 1 aromatic rings. The van der Waals surface area contributed by atoms with Crippen molar-refractivity contribution in [1.29, 1.82) is 0 Å². The van der Waals surface area contributed by atoms with Crippen molar-refractivity contribution >= 4 is 11.8 Å². The quantitative estimate of drug-likeness (QED) is 0.819. The highest BCUT2D eigenvalue weighted by atomic mass is 16.5. The molecular weight excluding hydrogens is 296 g/mol. The molecule has 1 heterocycles. The van der Waals surface area contributed by atoms with Gasteiger partial charge in [0.25, 0.3) is 0 Å². The van der Waals surface area contributed by atoms with Gasteiger partial charge in [-0.15, -0.1) is 0 Å². The Morgan fingerprint density at radius 3 is 2.65 bits per heavy atom. The monoisotopic (exact) mass is 320 g/mol. The summed E-state index contributed by atoms with van der Waals surface area (Å²) < 4.78 is 10.2. The first-order valence-electron chi connectivity index (χ1n) is 7.74. The molecule has 6 nitrogen and oxygen atoms in total. The number of carbonyl (C=O) groups excluding carboxylic acids is 2. The normalized spacial score (nSPS) is 18.8. The van der Waals surface area contributed by atoms with E-state index in [1.54, 1.807) is 19.1 Å². The number of carbonyl (C=O) groups is 2. The molecular formula is C17H24N2O4. The van der Waals surface area contributed by atoms with E-state index >= 15 is 0 Å². The topological polar surface area (TPSA) is 67.9 Å². The molecule has 0 saturated carbocycles. The molecule has 1 N–H and O–H groups in total. The Hall–Kier alpha value is -2.08. The highest BCUT2D eigenvalue weighted by molar-refractivity contribution is 5.89. The summed E-state index contributed by atoms with van der Waals surface area (Å²) in [5, 5.41) is 2.90. The van der Waals surface area contributed by atoms with Crippen molar-refractivity contribution < 1.29 is 19.1 Å². The maximum Gasteiger partial charge on any atom is 0.225 e. The van der Waals surface area contributed by atoms with Gasteiger partial charge in [0.2, 0.25) is 11.8 Å². The van der Waals surface area contributed by atoms with Crippen molar-refractivity contribution in [2.45, 2.75) is 25.9 Å². The molecule has 1 aliphatic rings. The van der Waals surface area contributed by atoms with Crippen LogP contribution in [0, 0.1) is 5.92 Å². The van der Waals surface area contributed by atoms with Crippen LogP contribution in [-0.4, -0.2) is 50.1 Å². The predicted octanol–water partition coefficient (Wildman–Crippen LogP) is 1.19. The van der Waals surface area contributed by atoms with Gasteiger partial charge in [0.05, 0.1) is 25.7 Å². The molecule has 1 saturated heterocycles. The molecule has 1 aliphatic heterocycles. The van der Waals surface area contributed by atoms with E-state index in [0.717, 1.165) is 11.3 Å². The zero-order valence-electron chi connectivity index (χ0n) is 13.9. The molecule has 1 aromatic carbocycles. The van der Waals surface area contributed by atoms with E-state index in [2.05, 4.69) is 5.32 Å². The number of nitrogens with zero attached hydrogens (tertiary/aromatic N) is 1. The molecule has 2 atom stereocenters. The number of ether oxygens (including phenoxy) is 2. The van der Waals surface area contributed by atoms with Crippen LogP contribution >= 0.6 is 0 Å². The number of benzene rings is 1. The van der Waals surface area contributed by atoms with Gasteiger partial charge in [-0.1, -0.05) is 12.1 Å². The molecule has 0 unspecified atom stereocenters. The van der Waals surface area contributed by atoms with Crippen LogP contribution < -0.4 is 10.1 Å². The lowest BCUT2D eigenvalue weighted by atomic mass is 10.1. The molecule has 6 heteroatoms. The molecule has 0 radical (unpaired) electrons. The van der Waals surface area contributed by atoms with Gasteiger partial charge in [-0.25, -0.2) is 0 Å². The van der Waals surface area contributed by atoms with Crippen molar-refractivity contribution in [3.05, 3.63) is 29.8 Å². The number of methoxy groups -OCH3 is 2. The summed E-state index contributed by atoms with van der Waals surface area (Å²) >= 11 is 0. The molecule has 0 bridgehead atoms. The largest absolute Gasteiger partial charge is 0.497 e. The minimum atomic E-state index is -0.292. The predicted molar refractivity (Wildman–Crippen MR) is 86.0 cm³/mol. The summed E-state index contributed by atoms with van der Waals surface area (Å²) in [5.41, 5.74) is 0.994. The smallest absolute Gasteiger partial charge is 0.225 e. The average Bonchev–Trinajstić information content (AvgIpc) is 2.95. The molecule has 1 fully saturated rings. The van der Waals surface area contributed by atoms with E-state index in [4.69, 9.17) is 9.47 Å². The van der Waals surface area contributed by atoms with E-state index in [9.17, 15) is 9.59 Å². The summed E-state index contributed by atoms with van der Waals surface area (Å²) in [7, 11) is 3.22. The van der Waals surface area contributed by atoms with Crippen LogP contribution in [0.25, 0.3) is 0 Å². The Morgan fingerprint density at radius 1 is 1.35 bits per heavy atom. The highest BCUT2D eigenvalue weighted by Gasteiger charge is 2.36. The van der Waals surface area contributed by atoms with Crippen molar-refractivity contribution in [3.63, 3.8) is 0 Å². The van der Waals surface area contributed by atoms with Gasteiger partial charge in [0, 0.05) is 26.6 Å². The molecule has 126 valence electrons. The Balaban J connectivity index is 1.85. The minimum absolute atomic E-state index is 0.00751. The van der Waals surface area contributed by atoms with Crippen molar-refractivity contribution in [3.8, 4) is 5.75 Å². The standard InChI is InChI=1S/C17H24N2O4/c1-12(11-22-2)19-10-14(8-16(19)20)17(21)18-9-13-4-6-15(23-3)7-5-13/h4-7,12,14H,8-11H2,1-3H3,(H,18,21)/t12-,14-/m1/s1. The van der Waals surface area contributed by atoms with Crippen molar-refractivity contribution in [2.24, 2.45) is 5.92 Å². The Kier molecular flexibility index (Phi) is 5.98. The van der Waals surface area contributed by atoms with Crippen LogP contribution in [0.4, 0.5) is 0 Å². The Bertz CT molecular complexity index is 544. The molecule has 0 aromatic heterocycles. The number of nitrogens with one attached hydrogen (secondary N) is 1. The van der Waals surface area contributed by atoms with E-state index in [0.29, 0.717) is 19.7 Å². The van der Waals surface area contributed by atoms with Crippen LogP contribution in [0.5, 0.6) is 5.75 Å². The maximum atomic E-state index is 12.3. The highest BCUT2D eigenvalue weighted by Crippen LogP contribution is 2.21. The van der Waals surface area contributed by atoms with Gasteiger partial charge in [-0.3, -0.25) is 9.59 Å². The zero-order chi connectivity index (χ0) is 16.8. The fourth-order valence-corrected chi connectivity index (χ4v) is 2.74.